The molecule has 0 aromatic carbocycles. The summed E-state index contributed by atoms with van der Waals surface area (Å²) in [5.74, 6) is 0. The van der Waals surface area contributed by atoms with Crippen LogP contribution in [0.4, 0.5) is 10.5 Å². The van der Waals surface area contributed by atoms with Crippen LogP contribution in [0, 0.1) is 0 Å². The molecular formula is C9H13N3O2. The van der Waals surface area contributed by atoms with Crippen molar-refractivity contribution in [3.8, 4) is 0 Å². The number of hydrogen-bond donors (Lipinski definition) is 1. The Hall–Kier alpha value is -1.65. The van der Waals surface area contributed by atoms with Gasteiger partial charge in [0, 0.05) is 0 Å². The number of aromatic nitrogens is 2. The van der Waals surface area contributed by atoms with Gasteiger partial charge in [0.25, 0.3) is 0 Å². The van der Waals surface area contributed by atoms with E-state index in [4.69, 9.17) is 6.11 Å². The average molecular weight is 196 g/mol. The van der Waals surface area contributed by atoms with E-state index in [1.807, 2.05) is 0 Å². The van der Waals surface area contributed by atoms with Crippen molar-refractivity contribution < 1.29 is 10.9 Å². The van der Waals surface area contributed by atoms with Crippen LogP contribution in [0.25, 0.3) is 0 Å². The van der Waals surface area contributed by atoms with E-state index >= 15 is 0 Å². The molecule has 1 rings (SSSR count). The molecule has 1 aromatic heterocycles. The third-order valence-corrected chi connectivity index (χ3v) is 1.17. The second-order valence-electron chi connectivity index (χ2n) is 3.70. The van der Waals surface area contributed by atoms with E-state index in [9.17, 15) is 4.79 Å². The molecule has 1 amide bonds. The molecule has 0 atom stereocenters. The highest BCUT2D eigenvalue weighted by Crippen LogP contribution is 2.09. The first-order valence-electron chi connectivity index (χ1n) is 4.65. The Labute approximate surface area is 83.9 Å². The largest absolute Gasteiger partial charge is 0.444 e. The van der Waals surface area contributed by atoms with Crippen molar-refractivity contribution in [2.45, 2.75) is 26.4 Å². The number of carbonyl (C=O) groups excluding carboxylic acids is 1. The lowest BCUT2D eigenvalue weighted by molar-refractivity contribution is 0.0636. The molecule has 0 unspecified atom stereocenters. The Bertz CT molecular complexity index is 345. The van der Waals surface area contributed by atoms with Crippen LogP contribution in [0.15, 0.2) is 18.7 Å². The Balaban J connectivity index is 2.55. The maximum atomic E-state index is 11.3. The van der Waals surface area contributed by atoms with Crippen LogP contribution < -0.4 is 5.32 Å². The number of anilines is 1. The van der Waals surface area contributed by atoms with Gasteiger partial charge in [0.1, 0.15) is 13.3 Å². The monoisotopic (exact) mass is 196 g/mol. The first kappa shape index (κ1) is 8.93. The molecule has 5 nitrogen and oxygen atoms in total. The summed E-state index contributed by atoms with van der Waals surface area (Å²) in [6.45, 7) is 5.32. The van der Waals surface area contributed by atoms with E-state index in [0.717, 1.165) is 0 Å². The van der Waals surface area contributed by atoms with Gasteiger partial charge in [-0.3, -0.25) is 5.32 Å². The Morgan fingerprint density at radius 3 is 2.57 bits per heavy atom. The molecule has 0 aliphatic heterocycles. The zero-order valence-corrected chi connectivity index (χ0v) is 8.37. The van der Waals surface area contributed by atoms with Gasteiger partial charge in [-0.2, -0.15) is 0 Å². The summed E-state index contributed by atoms with van der Waals surface area (Å²) in [5, 5.41) is 2.46. The molecule has 0 saturated carbocycles. The van der Waals surface area contributed by atoms with Gasteiger partial charge in [-0.1, -0.05) is 0 Å². The van der Waals surface area contributed by atoms with Crippen LogP contribution in [-0.4, -0.2) is 21.7 Å². The zero-order chi connectivity index (χ0) is 11.5. The lowest BCUT2D eigenvalue weighted by Gasteiger charge is -2.19. The van der Waals surface area contributed by atoms with Crippen molar-refractivity contribution in [3.05, 3.63) is 18.7 Å². The van der Waals surface area contributed by atoms with Crippen molar-refractivity contribution in [3.63, 3.8) is 0 Å². The number of carbonyl (C=O) groups is 1. The van der Waals surface area contributed by atoms with Gasteiger partial charge in [0.15, 0.2) is 0 Å². The number of rotatable bonds is 1. The van der Waals surface area contributed by atoms with Gasteiger partial charge in [-0.25, -0.2) is 14.8 Å². The number of nitrogens with zero attached hydrogens (tertiary/aromatic N) is 2. The number of hydrogen-bond acceptors (Lipinski definition) is 4. The first-order chi connectivity index (χ1) is 6.87. The molecular weight excluding hydrogens is 182 g/mol. The third-order valence-electron chi connectivity index (χ3n) is 1.17. The van der Waals surface area contributed by atoms with Gasteiger partial charge >= 0.3 is 6.09 Å². The predicted molar refractivity (Wildman–Crippen MR) is 51.9 cm³/mol. The normalized spacial score (nSPS) is 11.8. The molecule has 1 heterocycles. The fourth-order valence-corrected chi connectivity index (χ4v) is 0.749. The molecule has 5 heteroatoms. The molecule has 0 bridgehead atoms. The van der Waals surface area contributed by atoms with Crippen LogP contribution >= 0.6 is 0 Å². The number of amides is 1. The second kappa shape index (κ2) is 4.04. The maximum absolute atomic E-state index is 11.3. The Morgan fingerprint density at radius 2 is 2.07 bits per heavy atom. The summed E-state index contributed by atoms with van der Waals surface area (Å²) in [6.07, 6.45) is 2.03. The van der Waals surface area contributed by atoms with Crippen LogP contribution in [0.3, 0.4) is 0 Å². The molecule has 0 aliphatic rings. The lowest BCUT2D eigenvalue weighted by atomic mass is 10.2. The summed E-state index contributed by atoms with van der Waals surface area (Å²) in [6, 6.07) is 0. The minimum Gasteiger partial charge on any atom is -0.444 e. The van der Waals surface area contributed by atoms with Crippen LogP contribution in [-0.2, 0) is 4.74 Å². The van der Waals surface area contributed by atoms with Crippen molar-refractivity contribution in [2.75, 3.05) is 5.32 Å². The summed E-state index contributed by atoms with van der Waals surface area (Å²) in [4.78, 5) is 18.5. The van der Waals surface area contributed by atoms with Crippen molar-refractivity contribution in [1.82, 2.24) is 9.97 Å². The van der Waals surface area contributed by atoms with Crippen molar-refractivity contribution >= 4 is 11.8 Å². The first-order valence-corrected chi connectivity index (χ1v) is 4.15. The summed E-state index contributed by atoms with van der Waals surface area (Å²) in [5.41, 5.74) is -0.138. The zero-order valence-electron chi connectivity index (χ0n) is 9.37. The van der Waals surface area contributed by atoms with Crippen LogP contribution in [0.5, 0.6) is 0 Å². The highest BCUT2D eigenvalue weighted by atomic mass is 16.6. The van der Waals surface area contributed by atoms with E-state index in [1.54, 1.807) is 20.8 Å². The predicted octanol–water partition coefficient (Wildman–Crippen LogP) is 1.82. The third kappa shape index (κ3) is 3.84. The molecule has 76 valence electrons. The Morgan fingerprint density at radius 1 is 1.50 bits per heavy atom. The SMILES string of the molecule is [2H]c1ncc(NC(=O)OC(C)(C)C)cn1. The van der Waals surface area contributed by atoms with Gasteiger partial charge in [0.05, 0.1) is 18.1 Å². The highest BCUT2D eigenvalue weighted by molar-refractivity contribution is 5.84. The van der Waals surface area contributed by atoms with Gasteiger partial charge in [-0.15, -0.1) is 0 Å². The molecule has 0 aliphatic carbocycles. The van der Waals surface area contributed by atoms with Gasteiger partial charge in [-0.05, 0) is 20.8 Å². The van der Waals surface area contributed by atoms with Crippen LogP contribution in [0.2, 0.25) is 0 Å². The minimum atomic E-state index is -0.566. The topological polar surface area (TPSA) is 64.1 Å². The molecule has 1 N–H and O–H groups in total. The molecule has 1 aromatic rings. The van der Waals surface area contributed by atoms with Crippen molar-refractivity contribution in [2.24, 2.45) is 0 Å². The van der Waals surface area contributed by atoms with E-state index in [-0.39, 0.29) is 6.30 Å². The van der Waals surface area contributed by atoms with E-state index in [2.05, 4.69) is 15.3 Å². The summed E-state index contributed by atoms with van der Waals surface area (Å²) >= 11 is 0. The standard InChI is InChI=1S/C9H13N3O2/c1-9(2,3)14-8(13)12-7-4-10-6-11-5-7/h4-6H,1-3H3,(H,12,13)/i6D. The maximum Gasteiger partial charge on any atom is 0.412 e. The fourth-order valence-electron chi connectivity index (χ4n) is 0.749. The number of ether oxygens (including phenoxy) is 1. The highest BCUT2D eigenvalue weighted by Gasteiger charge is 2.15. The summed E-state index contributed by atoms with van der Waals surface area (Å²) in [7, 11) is 0. The summed E-state index contributed by atoms with van der Waals surface area (Å²) < 4.78 is 12.1. The number of nitrogens with one attached hydrogen (secondary N) is 1. The quantitative estimate of drug-likeness (QED) is 0.744. The van der Waals surface area contributed by atoms with Crippen LogP contribution in [0.1, 0.15) is 22.1 Å². The molecule has 0 spiro atoms. The van der Waals surface area contributed by atoms with E-state index < -0.39 is 11.7 Å². The fraction of sp³-hybridized carbons (Fsp3) is 0.444. The smallest absolute Gasteiger partial charge is 0.412 e. The molecule has 14 heavy (non-hydrogen) atoms. The molecule has 0 fully saturated rings. The molecule has 0 radical (unpaired) electrons. The Kier molecular flexibility index (Phi) is 2.58. The van der Waals surface area contributed by atoms with E-state index in [1.165, 1.54) is 12.4 Å². The second-order valence-corrected chi connectivity index (χ2v) is 3.70. The lowest BCUT2D eigenvalue weighted by Crippen LogP contribution is -2.27. The van der Waals surface area contributed by atoms with Gasteiger partial charge in [0.2, 0.25) is 0 Å². The van der Waals surface area contributed by atoms with Crippen molar-refractivity contribution in [1.29, 1.82) is 0 Å². The minimum absolute atomic E-state index is 0.0928. The van der Waals surface area contributed by atoms with Gasteiger partial charge < -0.3 is 4.74 Å². The average Bonchev–Trinajstić information content (AvgIpc) is 2.05. The van der Waals surface area contributed by atoms with E-state index in [0.29, 0.717) is 5.69 Å². The molecule has 0 saturated heterocycles.